The summed E-state index contributed by atoms with van der Waals surface area (Å²) in [6.07, 6.45) is -2.20. The van der Waals surface area contributed by atoms with E-state index in [2.05, 4.69) is 15.1 Å². The van der Waals surface area contributed by atoms with E-state index in [1.807, 2.05) is 20.8 Å². The molecule has 0 aliphatic carbocycles. The summed E-state index contributed by atoms with van der Waals surface area (Å²) in [6, 6.07) is 4.73. The van der Waals surface area contributed by atoms with Crippen LogP contribution in [-0.4, -0.2) is 59.1 Å². The number of aromatic nitrogens is 2. The molecule has 0 atom stereocenters. The van der Waals surface area contributed by atoms with Crippen molar-refractivity contribution in [2.75, 3.05) is 31.1 Å². The molecule has 0 N–H and O–H groups in total. The molecule has 4 rings (SSSR count). The van der Waals surface area contributed by atoms with Gasteiger partial charge in [-0.25, -0.2) is 4.79 Å². The van der Waals surface area contributed by atoms with E-state index in [1.54, 1.807) is 23.2 Å². The Kier molecular flexibility index (Phi) is 5.26. The number of amides is 1. The van der Waals surface area contributed by atoms with E-state index in [0.717, 1.165) is 31.3 Å². The number of nitrogens with zero attached hydrogens (tertiary/aromatic N) is 4. The Morgan fingerprint density at radius 3 is 2.45 bits per heavy atom. The molecule has 1 amide bonds. The Hall–Kier alpha value is -2.58. The zero-order chi connectivity index (χ0) is 22.4. The van der Waals surface area contributed by atoms with Gasteiger partial charge in [0.1, 0.15) is 5.60 Å². The number of halogens is 3. The lowest BCUT2D eigenvalue weighted by Gasteiger charge is -2.54. The van der Waals surface area contributed by atoms with Gasteiger partial charge in [-0.15, -0.1) is 5.10 Å². The summed E-state index contributed by atoms with van der Waals surface area (Å²) >= 11 is 0. The van der Waals surface area contributed by atoms with Crippen molar-refractivity contribution in [1.29, 1.82) is 0 Å². The van der Waals surface area contributed by atoms with Gasteiger partial charge in [-0.3, -0.25) is 0 Å². The molecular weight excluding hydrogens is 409 g/mol. The highest BCUT2D eigenvalue weighted by atomic mass is 19.4. The smallest absolute Gasteiger partial charge is 0.410 e. The molecule has 168 valence electrons. The van der Waals surface area contributed by atoms with Crippen LogP contribution >= 0.6 is 0 Å². The molecule has 31 heavy (non-hydrogen) atoms. The van der Waals surface area contributed by atoms with E-state index in [4.69, 9.17) is 4.74 Å². The first-order valence-electron chi connectivity index (χ1n) is 10.5. The van der Waals surface area contributed by atoms with Crippen LogP contribution in [0.4, 0.5) is 23.8 Å². The lowest BCUT2D eigenvalue weighted by Crippen LogP contribution is -2.61. The van der Waals surface area contributed by atoms with Crippen molar-refractivity contribution < 1.29 is 22.7 Å². The van der Waals surface area contributed by atoms with Gasteiger partial charge in [0.25, 0.3) is 0 Å². The number of alkyl halides is 3. The van der Waals surface area contributed by atoms with Crippen LogP contribution in [0, 0.1) is 5.41 Å². The van der Waals surface area contributed by atoms with Crippen molar-refractivity contribution in [3.8, 4) is 0 Å². The lowest BCUT2D eigenvalue weighted by atomic mass is 9.72. The Balaban J connectivity index is 1.43. The summed E-state index contributed by atoms with van der Waals surface area (Å²) in [5.74, 6) is 0.627. The van der Waals surface area contributed by atoms with Crippen LogP contribution in [0.15, 0.2) is 24.4 Å². The second kappa shape index (κ2) is 7.53. The minimum Gasteiger partial charge on any atom is -0.444 e. The number of fused-ring (bicyclic) bond motifs is 1. The number of ether oxygens (including phenoxy) is 1. The van der Waals surface area contributed by atoms with Gasteiger partial charge in [0.2, 0.25) is 0 Å². The predicted octanol–water partition coefficient (Wildman–Crippen LogP) is 4.57. The van der Waals surface area contributed by atoms with E-state index in [1.165, 1.54) is 6.07 Å². The third kappa shape index (κ3) is 4.85. The molecular formula is C22H27F3N4O2. The van der Waals surface area contributed by atoms with Gasteiger partial charge in [0.05, 0.1) is 12.6 Å². The summed E-state index contributed by atoms with van der Waals surface area (Å²) in [7, 11) is 0. The molecule has 2 aliphatic rings. The highest BCUT2D eigenvalue weighted by Gasteiger charge is 2.46. The van der Waals surface area contributed by atoms with Crippen LogP contribution in [0.2, 0.25) is 0 Å². The average Bonchev–Trinajstić information content (AvgIpc) is 2.63. The summed E-state index contributed by atoms with van der Waals surface area (Å²) in [5, 5.41) is 9.74. The predicted molar refractivity (Wildman–Crippen MR) is 111 cm³/mol. The normalized spacial score (nSPS) is 18.9. The third-order valence-corrected chi connectivity index (χ3v) is 5.94. The van der Waals surface area contributed by atoms with Crippen LogP contribution in [0.3, 0.4) is 0 Å². The molecule has 2 aromatic rings. The van der Waals surface area contributed by atoms with Crippen molar-refractivity contribution in [2.45, 2.75) is 51.8 Å². The van der Waals surface area contributed by atoms with Gasteiger partial charge in [-0.1, -0.05) is 12.1 Å². The van der Waals surface area contributed by atoms with Crippen molar-refractivity contribution in [3.05, 3.63) is 30.0 Å². The first-order chi connectivity index (χ1) is 14.4. The lowest BCUT2D eigenvalue weighted by molar-refractivity contribution is -0.127. The van der Waals surface area contributed by atoms with Crippen molar-refractivity contribution in [1.82, 2.24) is 15.1 Å². The highest BCUT2D eigenvalue weighted by Crippen LogP contribution is 2.43. The quantitative estimate of drug-likeness (QED) is 0.690. The number of likely N-dealkylation sites (tertiary alicyclic amines) is 1. The summed E-state index contributed by atoms with van der Waals surface area (Å²) in [5.41, 5.74) is -0.209. The number of carbonyl (C=O) groups excluding carboxylic acids is 1. The first-order valence-corrected chi connectivity index (χ1v) is 10.5. The van der Waals surface area contributed by atoms with E-state index >= 15 is 0 Å². The number of benzene rings is 1. The second-order valence-electron chi connectivity index (χ2n) is 9.71. The van der Waals surface area contributed by atoms with Crippen LogP contribution in [0.25, 0.3) is 10.8 Å². The van der Waals surface area contributed by atoms with E-state index in [9.17, 15) is 18.0 Å². The van der Waals surface area contributed by atoms with Crippen LogP contribution in [-0.2, 0) is 11.2 Å². The topological polar surface area (TPSA) is 58.6 Å². The van der Waals surface area contributed by atoms with Gasteiger partial charge in [-0.2, -0.15) is 18.3 Å². The monoisotopic (exact) mass is 436 g/mol. The van der Waals surface area contributed by atoms with Crippen molar-refractivity contribution in [2.24, 2.45) is 5.41 Å². The summed E-state index contributed by atoms with van der Waals surface area (Å²) in [6.45, 7) is 8.35. The maximum atomic E-state index is 12.8. The molecule has 2 aliphatic heterocycles. The fourth-order valence-corrected chi connectivity index (χ4v) is 4.40. The van der Waals surface area contributed by atoms with Gasteiger partial charge in [0.15, 0.2) is 5.82 Å². The van der Waals surface area contributed by atoms with Crippen molar-refractivity contribution in [3.63, 3.8) is 0 Å². The van der Waals surface area contributed by atoms with E-state index < -0.39 is 18.2 Å². The van der Waals surface area contributed by atoms with Gasteiger partial charge in [-0.05, 0) is 45.2 Å². The average molecular weight is 436 g/mol. The Bertz CT molecular complexity index is 971. The zero-order valence-corrected chi connectivity index (χ0v) is 18.0. The maximum Gasteiger partial charge on any atom is 0.410 e. The SMILES string of the molecule is CC(C)(C)OC(=O)N1CCC2(CC1)CN(c1nncc3ccc(CC(F)(F)F)cc13)C2. The molecule has 0 unspecified atom stereocenters. The number of anilines is 1. The van der Waals surface area contributed by atoms with Crippen LogP contribution in [0.1, 0.15) is 39.2 Å². The molecule has 6 nitrogen and oxygen atoms in total. The number of carbonyl (C=O) groups is 1. The Morgan fingerprint density at radius 2 is 1.84 bits per heavy atom. The van der Waals surface area contributed by atoms with Crippen molar-refractivity contribution >= 4 is 22.7 Å². The molecule has 0 saturated carbocycles. The van der Waals surface area contributed by atoms with Gasteiger partial charge < -0.3 is 14.5 Å². The molecule has 0 bridgehead atoms. The molecule has 3 heterocycles. The molecule has 1 aromatic heterocycles. The number of rotatable bonds is 2. The largest absolute Gasteiger partial charge is 0.444 e. The van der Waals surface area contributed by atoms with Gasteiger partial charge in [0, 0.05) is 42.4 Å². The summed E-state index contributed by atoms with van der Waals surface area (Å²) < 4.78 is 43.9. The van der Waals surface area contributed by atoms with Gasteiger partial charge >= 0.3 is 12.3 Å². The standard InChI is InChI=1S/C22H27F3N4O2/c1-20(2,3)31-19(30)28-8-6-21(7-9-28)13-29(14-21)18-17-10-15(11-22(23,24)25)4-5-16(17)12-26-27-18/h4-5,10,12H,6-9,11,13-14H2,1-3H3. The fourth-order valence-electron chi connectivity index (χ4n) is 4.40. The van der Waals surface area contributed by atoms with E-state index in [-0.39, 0.29) is 17.1 Å². The third-order valence-electron chi connectivity index (χ3n) is 5.94. The number of piperidine rings is 1. The molecule has 1 spiro atoms. The van der Waals surface area contributed by atoms with Crippen LogP contribution in [0.5, 0.6) is 0 Å². The highest BCUT2D eigenvalue weighted by molar-refractivity contribution is 5.92. The Labute approximate surface area is 179 Å². The molecule has 2 fully saturated rings. The maximum absolute atomic E-state index is 12.8. The second-order valence-corrected chi connectivity index (χ2v) is 9.71. The van der Waals surface area contributed by atoms with E-state index in [0.29, 0.717) is 24.3 Å². The fraction of sp³-hybridized carbons (Fsp3) is 0.591. The molecule has 0 radical (unpaired) electrons. The molecule has 2 saturated heterocycles. The Morgan fingerprint density at radius 1 is 1.16 bits per heavy atom. The number of hydrogen-bond acceptors (Lipinski definition) is 5. The molecule has 1 aromatic carbocycles. The zero-order valence-electron chi connectivity index (χ0n) is 18.0. The van der Waals surface area contributed by atoms with Crippen LogP contribution < -0.4 is 4.90 Å². The minimum atomic E-state index is -4.25. The minimum absolute atomic E-state index is 0.0892. The summed E-state index contributed by atoms with van der Waals surface area (Å²) in [4.78, 5) is 16.1. The first kappa shape index (κ1) is 21.6. The molecule has 9 heteroatoms. The number of hydrogen-bond donors (Lipinski definition) is 0.